The van der Waals surface area contributed by atoms with Crippen molar-refractivity contribution in [1.82, 2.24) is 10.0 Å². The third-order valence-corrected chi connectivity index (χ3v) is 7.44. The third-order valence-electron chi connectivity index (χ3n) is 6.11. The number of alkyl halides is 6. The van der Waals surface area contributed by atoms with Crippen LogP contribution < -0.4 is 10.0 Å². The highest BCUT2D eigenvalue weighted by Crippen LogP contribution is 2.37. The summed E-state index contributed by atoms with van der Waals surface area (Å²) in [5.74, 6) is -1.08. The maximum absolute atomic E-state index is 13.0. The third kappa shape index (κ3) is 10.4. The molecule has 2 rings (SSSR count). The van der Waals surface area contributed by atoms with Crippen LogP contribution in [0, 0.1) is 0 Å². The topological polar surface area (TPSA) is 84.5 Å². The molecule has 1 aromatic carbocycles. The Bertz CT molecular complexity index is 950. The lowest BCUT2D eigenvalue weighted by atomic mass is 10.1. The predicted molar refractivity (Wildman–Crippen MR) is 125 cm³/mol. The van der Waals surface area contributed by atoms with E-state index in [4.69, 9.17) is 4.74 Å². The van der Waals surface area contributed by atoms with Crippen LogP contribution in [0.3, 0.4) is 0 Å². The molecule has 1 heterocycles. The number of carbonyl (C=O) groups is 1. The summed E-state index contributed by atoms with van der Waals surface area (Å²) in [5, 5.41) is 2.78. The van der Waals surface area contributed by atoms with Crippen molar-refractivity contribution in [3.63, 3.8) is 0 Å². The monoisotopic (exact) mass is 560 g/mol. The van der Waals surface area contributed by atoms with Gasteiger partial charge in [0.05, 0.1) is 28.2 Å². The van der Waals surface area contributed by atoms with Crippen LogP contribution in [0.25, 0.3) is 0 Å². The first-order valence-corrected chi connectivity index (χ1v) is 13.9. The van der Waals surface area contributed by atoms with E-state index in [-0.39, 0.29) is 37.3 Å². The van der Waals surface area contributed by atoms with E-state index in [0.29, 0.717) is 6.61 Å². The smallest absolute Gasteiger partial charge is 0.377 e. The Balaban J connectivity index is 1.84. The van der Waals surface area contributed by atoms with Crippen LogP contribution in [0.15, 0.2) is 23.1 Å². The van der Waals surface area contributed by atoms with E-state index in [2.05, 4.69) is 12.2 Å². The number of hydrogen-bond acceptors (Lipinski definition) is 5. The Hall–Kier alpha value is -1.86. The molecule has 0 saturated carbocycles. The van der Waals surface area contributed by atoms with Gasteiger partial charge in [0.15, 0.2) is 0 Å². The number of rotatable bonds is 14. The van der Waals surface area contributed by atoms with Crippen LogP contribution in [0.4, 0.5) is 26.3 Å². The van der Waals surface area contributed by atoms with Crippen LogP contribution in [-0.2, 0) is 31.9 Å². The van der Waals surface area contributed by atoms with Crippen LogP contribution in [-0.4, -0.2) is 39.6 Å². The number of sulfonamides is 1. The molecule has 13 heteroatoms. The molecule has 0 aliphatic carbocycles. The number of nitrogens with one attached hydrogen (secondary N) is 2. The largest absolute Gasteiger partial charge is 0.416 e. The minimum absolute atomic E-state index is 0.0596. The molecule has 0 spiro atoms. The first-order chi connectivity index (χ1) is 17.2. The Morgan fingerprint density at radius 1 is 0.919 bits per heavy atom. The van der Waals surface area contributed by atoms with Gasteiger partial charge in [0.1, 0.15) is 0 Å². The number of benzene rings is 1. The van der Waals surface area contributed by atoms with Crippen molar-refractivity contribution in [3.05, 3.63) is 29.3 Å². The fourth-order valence-corrected chi connectivity index (χ4v) is 5.13. The van der Waals surface area contributed by atoms with E-state index in [1.165, 1.54) is 38.5 Å². The van der Waals surface area contributed by atoms with E-state index in [1.807, 2.05) is 0 Å². The van der Waals surface area contributed by atoms with Gasteiger partial charge in [-0.1, -0.05) is 58.3 Å². The standard InChI is InChI=1S/C24H34F6N2O4S/c1-2-3-4-5-6-7-8-9-10-11-36-19-15-21(31-16-19)22(33)32-37(34,35)20-13-17(23(25,26)27)12-18(14-20)24(28,29)30/h12-14,19,21,31H,2-11,15-16H2,1H3,(H,32,33)/t19-,21+/m1/s1. The molecule has 0 radical (unpaired) electrons. The predicted octanol–water partition coefficient (Wildman–Crippen LogP) is 5.81. The average Bonchev–Trinajstić information content (AvgIpc) is 3.28. The van der Waals surface area contributed by atoms with Gasteiger partial charge in [0.25, 0.3) is 15.9 Å². The number of amides is 1. The number of carbonyl (C=O) groups excluding carboxylic acids is 1. The highest BCUT2D eigenvalue weighted by molar-refractivity contribution is 7.90. The van der Waals surface area contributed by atoms with Gasteiger partial charge in [-0.3, -0.25) is 4.79 Å². The fourth-order valence-electron chi connectivity index (χ4n) is 4.04. The summed E-state index contributed by atoms with van der Waals surface area (Å²) in [6, 6.07) is -1.08. The molecule has 37 heavy (non-hydrogen) atoms. The molecular formula is C24H34F6N2O4S. The SMILES string of the molecule is CCCCCCCCCCCO[C@H]1CN[C@H](C(=O)NS(=O)(=O)c2cc(C(F)(F)F)cc(C(F)(F)F)c2)C1. The number of halogens is 6. The van der Waals surface area contributed by atoms with E-state index in [9.17, 15) is 39.6 Å². The number of ether oxygens (including phenoxy) is 1. The lowest BCUT2D eigenvalue weighted by molar-refractivity contribution is -0.143. The Labute approximate surface area is 213 Å². The molecule has 1 saturated heterocycles. The Morgan fingerprint density at radius 2 is 1.43 bits per heavy atom. The minimum atomic E-state index is -5.22. The maximum atomic E-state index is 13.0. The van der Waals surface area contributed by atoms with Crippen molar-refractivity contribution >= 4 is 15.9 Å². The molecule has 1 aliphatic rings. The quantitative estimate of drug-likeness (QED) is 0.222. The van der Waals surface area contributed by atoms with Crippen LogP contribution in [0.5, 0.6) is 0 Å². The fraction of sp³-hybridized carbons (Fsp3) is 0.708. The molecule has 6 nitrogen and oxygen atoms in total. The summed E-state index contributed by atoms with van der Waals surface area (Å²) in [4.78, 5) is 11.1. The van der Waals surface area contributed by atoms with Crippen molar-refractivity contribution in [1.29, 1.82) is 0 Å². The summed E-state index contributed by atoms with van der Waals surface area (Å²) in [6.45, 7) is 2.91. The van der Waals surface area contributed by atoms with Crippen molar-refractivity contribution in [2.45, 2.75) is 101 Å². The zero-order chi connectivity index (χ0) is 27.7. The Kier molecular flexibility index (Phi) is 11.7. The molecular weight excluding hydrogens is 526 g/mol. The molecule has 1 amide bonds. The molecule has 0 aromatic heterocycles. The summed E-state index contributed by atoms with van der Waals surface area (Å²) >= 11 is 0. The summed E-state index contributed by atoms with van der Waals surface area (Å²) < 4.78 is 111. The second-order valence-corrected chi connectivity index (χ2v) is 10.9. The van der Waals surface area contributed by atoms with Crippen molar-refractivity contribution in [3.8, 4) is 0 Å². The van der Waals surface area contributed by atoms with Crippen molar-refractivity contribution < 1.29 is 44.3 Å². The first-order valence-electron chi connectivity index (χ1n) is 12.4. The van der Waals surface area contributed by atoms with Crippen molar-refractivity contribution in [2.75, 3.05) is 13.2 Å². The average molecular weight is 561 g/mol. The lowest BCUT2D eigenvalue weighted by Crippen LogP contribution is -2.43. The zero-order valence-electron chi connectivity index (χ0n) is 20.7. The van der Waals surface area contributed by atoms with E-state index in [0.717, 1.165) is 19.3 Å². The van der Waals surface area contributed by atoms with Crippen molar-refractivity contribution in [2.24, 2.45) is 0 Å². The van der Waals surface area contributed by atoms with E-state index in [1.54, 1.807) is 4.72 Å². The summed E-state index contributed by atoms with van der Waals surface area (Å²) in [7, 11) is -5.00. The maximum Gasteiger partial charge on any atom is 0.416 e. The molecule has 0 bridgehead atoms. The van der Waals surface area contributed by atoms with Gasteiger partial charge in [0, 0.05) is 13.2 Å². The number of hydrogen-bond donors (Lipinski definition) is 2. The minimum Gasteiger partial charge on any atom is -0.377 e. The van der Waals surface area contributed by atoms with Gasteiger partial charge in [-0.15, -0.1) is 0 Å². The summed E-state index contributed by atoms with van der Waals surface area (Å²) in [6.07, 6.45) is -0.368. The molecule has 1 fully saturated rings. The molecule has 2 N–H and O–H groups in total. The van der Waals surface area contributed by atoms with Crippen LogP contribution in [0.2, 0.25) is 0 Å². The molecule has 2 atom stereocenters. The second-order valence-electron chi connectivity index (χ2n) is 9.23. The van der Waals surface area contributed by atoms with Gasteiger partial charge in [-0.05, 0) is 31.0 Å². The summed E-state index contributed by atoms with van der Waals surface area (Å²) in [5.41, 5.74) is -3.59. The van der Waals surface area contributed by atoms with E-state index >= 15 is 0 Å². The highest BCUT2D eigenvalue weighted by Gasteiger charge is 2.39. The molecule has 0 unspecified atom stereocenters. The molecule has 1 aliphatic heterocycles. The molecule has 212 valence electrons. The Morgan fingerprint density at radius 3 is 1.95 bits per heavy atom. The number of unbranched alkanes of at least 4 members (excludes halogenated alkanes) is 8. The van der Waals surface area contributed by atoms with Gasteiger partial charge < -0.3 is 10.1 Å². The van der Waals surface area contributed by atoms with E-state index < -0.39 is 50.3 Å². The second kappa shape index (κ2) is 13.8. The van der Waals surface area contributed by atoms with Crippen LogP contribution >= 0.6 is 0 Å². The van der Waals surface area contributed by atoms with Gasteiger partial charge in [0.2, 0.25) is 0 Å². The van der Waals surface area contributed by atoms with Gasteiger partial charge in [-0.25, -0.2) is 13.1 Å². The van der Waals surface area contributed by atoms with Gasteiger partial charge >= 0.3 is 12.4 Å². The van der Waals surface area contributed by atoms with Gasteiger partial charge in [-0.2, -0.15) is 26.3 Å². The zero-order valence-corrected chi connectivity index (χ0v) is 21.5. The first kappa shape index (κ1) is 31.4. The molecule has 1 aromatic rings. The lowest BCUT2D eigenvalue weighted by Gasteiger charge is -2.16. The highest BCUT2D eigenvalue weighted by atomic mass is 32.2. The normalized spacial score (nSPS) is 18.8. The van der Waals surface area contributed by atoms with Crippen LogP contribution in [0.1, 0.15) is 82.3 Å².